The zero-order valence-corrected chi connectivity index (χ0v) is 13.3. The predicted molar refractivity (Wildman–Crippen MR) is 88.6 cm³/mol. The first-order valence-electron chi connectivity index (χ1n) is 8.19. The molecule has 124 valence electrons. The highest BCUT2D eigenvalue weighted by molar-refractivity contribution is 5.79. The number of amides is 1. The average molecular weight is 325 g/mol. The highest BCUT2D eigenvalue weighted by Gasteiger charge is 2.22. The van der Waals surface area contributed by atoms with Gasteiger partial charge in [0.1, 0.15) is 19.0 Å². The number of para-hydroxylation sites is 1. The van der Waals surface area contributed by atoms with Gasteiger partial charge < -0.3 is 19.5 Å². The lowest BCUT2D eigenvalue weighted by molar-refractivity contribution is -0.121. The van der Waals surface area contributed by atoms with E-state index in [4.69, 9.17) is 14.2 Å². The molecule has 2 aromatic rings. The minimum absolute atomic E-state index is 0.000314. The Morgan fingerprint density at radius 1 is 0.958 bits per heavy atom. The molecule has 2 aliphatic rings. The zero-order valence-electron chi connectivity index (χ0n) is 13.3. The van der Waals surface area contributed by atoms with Crippen LogP contribution in [0.5, 0.6) is 17.2 Å². The third-order valence-corrected chi connectivity index (χ3v) is 4.27. The van der Waals surface area contributed by atoms with Crippen LogP contribution < -0.4 is 19.5 Å². The van der Waals surface area contributed by atoms with Gasteiger partial charge in [-0.3, -0.25) is 4.79 Å². The van der Waals surface area contributed by atoms with Crippen LogP contribution in [0.2, 0.25) is 0 Å². The van der Waals surface area contributed by atoms with Gasteiger partial charge in [-0.2, -0.15) is 0 Å². The quantitative estimate of drug-likeness (QED) is 0.942. The molecule has 2 heterocycles. The lowest BCUT2D eigenvalue weighted by Gasteiger charge is -2.26. The van der Waals surface area contributed by atoms with Crippen molar-refractivity contribution in [2.75, 3.05) is 19.8 Å². The van der Waals surface area contributed by atoms with E-state index in [1.165, 1.54) is 0 Å². The van der Waals surface area contributed by atoms with Crippen LogP contribution >= 0.6 is 0 Å². The molecule has 1 unspecified atom stereocenters. The zero-order chi connectivity index (χ0) is 16.4. The predicted octanol–water partition coefficient (Wildman–Crippen LogP) is 2.64. The van der Waals surface area contributed by atoms with Crippen LogP contribution in [0.25, 0.3) is 0 Å². The summed E-state index contributed by atoms with van der Waals surface area (Å²) in [4.78, 5) is 12.4. The van der Waals surface area contributed by atoms with Gasteiger partial charge in [0.25, 0.3) is 0 Å². The second-order valence-electron chi connectivity index (χ2n) is 5.95. The molecule has 5 heteroatoms. The van der Waals surface area contributed by atoms with Crippen molar-refractivity contribution < 1.29 is 19.0 Å². The first-order chi connectivity index (χ1) is 11.8. The highest BCUT2D eigenvalue weighted by Crippen LogP contribution is 2.32. The summed E-state index contributed by atoms with van der Waals surface area (Å²) >= 11 is 0. The molecule has 0 aliphatic carbocycles. The standard InChI is InChI=1S/C19H19NO4/c21-19(12-13-5-6-17-18(11-13)24-10-9-23-17)20-15-7-8-22-16-4-2-1-3-14(15)16/h1-6,11,15H,7-10,12H2,(H,20,21). The highest BCUT2D eigenvalue weighted by atomic mass is 16.6. The molecule has 0 spiro atoms. The summed E-state index contributed by atoms with van der Waals surface area (Å²) in [5.41, 5.74) is 1.95. The van der Waals surface area contributed by atoms with Gasteiger partial charge in [0.15, 0.2) is 11.5 Å². The van der Waals surface area contributed by atoms with E-state index >= 15 is 0 Å². The van der Waals surface area contributed by atoms with Gasteiger partial charge in [-0.25, -0.2) is 0 Å². The van der Waals surface area contributed by atoms with Crippen molar-refractivity contribution in [3.8, 4) is 17.2 Å². The lowest BCUT2D eigenvalue weighted by Crippen LogP contribution is -2.33. The number of ether oxygens (including phenoxy) is 3. The first-order valence-corrected chi connectivity index (χ1v) is 8.19. The molecule has 1 N–H and O–H groups in total. The van der Waals surface area contributed by atoms with Crippen molar-refractivity contribution in [3.05, 3.63) is 53.6 Å². The van der Waals surface area contributed by atoms with Crippen molar-refractivity contribution in [3.63, 3.8) is 0 Å². The molecule has 5 nitrogen and oxygen atoms in total. The molecule has 0 fully saturated rings. The molecule has 1 amide bonds. The lowest BCUT2D eigenvalue weighted by atomic mass is 10.00. The molecule has 0 saturated carbocycles. The van der Waals surface area contributed by atoms with Gasteiger partial charge >= 0.3 is 0 Å². The fraction of sp³-hybridized carbons (Fsp3) is 0.316. The molecule has 4 rings (SSSR count). The van der Waals surface area contributed by atoms with E-state index in [-0.39, 0.29) is 11.9 Å². The Morgan fingerprint density at radius 2 is 1.75 bits per heavy atom. The smallest absolute Gasteiger partial charge is 0.224 e. The van der Waals surface area contributed by atoms with Gasteiger partial charge in [0, 0.05) is 12.0 Å². The van der Waals surface area contributed by atoms with E-state index in [2.05, 4.69) is 5.32 Å². The summed E-state index contributed by atoms with van der Waals surface area (Å²) in [5.74, 6) is 2.30. The van der Waals surface area contributed by atoms with Gasteiger partial charge in [-0.1, -0.05) is 24.3 Å². The van der Waals surface area contributed by atoms with Crippen molar-refractivity contribution in [2.24, 2.45) is 0 Å². The number of carbonyl (C=O) groups excluding carboxylic acids is 1. The summed E-state index contributed by atoms with van der Waals surface area (Å²) < 4.78 is 16.7. The van der Waals surface area contributed by atoms with Crippen LogP contribution in [0, 0.1) is 0 Å². The number of fused-ring (bicyclic) bond motifs is 2. The number of nitrogens with one attached hydrogen (secondary N) is 1. The van der Waals surface area contributed by atoms with Crippen molar-refractivity contribution >= 4 is 5.91 Å². The van der Waals surface area contributed by atoms with Crippen molar-refractivity contribution in [2.45, 2.75) is 18.9 Å². The molecule has 1 atom stereocenters. The third kappa shape index (κ3) is 3.02. The first kappa shape index (κ1) is 14.9. The molecule has 0 aromatic heterocycles. The normalized spacial score (nSPS) is 18.2. The van der Waals surface area contributed by atoms with Crippen LogP contribution in [-0.4, -0.2) is 25.7 Å². The Balaban J connectivity index is 1.44. The summed E-state index contributed by atoms with van der Waals surface area (Å²) in [7, 11) is 0. The van der Waals surface area contributed by atoms with E-state index in [1.54, 1.807) is 0 Å². The van der Waals surface area contributed by atoms with Crippen LogP contribution in [0.4, 0.5) is 0 Å². The minimum atomic E-state index is -0.00613. The maximum Gasteiger partial charge on any atom is 0.224 e. The van der Waals surface area contributed by atoms with Gasteiger partial charge in [0.2, 0.25) is 5.91 Å². The molecule has 2 aliphatic heterocycles. The molecule has 24 heavy (non-hydrogen) atoms. The topological polar surface area (TPSA) is 56.8 Å². The SMILES string of the molecule is O=C(Cc1ccc2c(c1)OCCO2)NC1CCOc2ccccc21. The number of rotatable bonds is 3. The summed E-state index contributed by atoms with van der Waals surface area (Å²) in [6.07, 6.45) is 1.10. The van der Waals surface area contributed by atoms with Crippen LogP contribution in [0.1, 0.15) is 23.6 Å². The second kappa shape index (κ2) is 6.43. The van der Waals surface area contributed by atoms with Gasteiger partial charge in [-0.15, -0.1) is 0 Å². The number of carbonyl (C=O) groups is 1. The van der Waals surface area contributed by atoms with Crippen LogP contribution in [-0.2, 0) is 11.2 Å². The monoisotopic (exact) mass is 325 g/mol. The molecule has 0 bridgehead atoms. The molecular weight excluding hydrogens is 306 g/mol. The van der Waals surface area contributed by atoms with Crippen LogP contribution in [0.15, 0.2) is 42.5 Å². The Morgan fingerprint density at radius 3 is 2.67 bits per heavy atom. The Bertz CT molecular complexity index is 759. The van der Waals surface area contributed by atoms with E-state index in [9.17, 15) is 4.79 Å². The minimum Gasteiger partial charge on any atom is -0.493 e. The van der Waals surface area contributed by atoms with Gasteiger partial charge in [-0.05, 0) is 23.8 Å². The Hall–Kier alpha value is -2.69. The maximum absolute atomic E-state index is 12.4. The third-order valence-electron chi connectivity index (χ3n) is 4.27. The van der Waals surface area contributed by atoms with E-state index < -0.39 is 0 Å². The summed E-state index contributed by atoms with van der Waals surface area (Å²) in [6, 6.07) is 13.5. The fourth-order valence-electron chi connectivity index (χ4n) is 3.12. The van der Waals surface area contributed by atoms with E-state index in [0.29, 0.717) is 32.0 Å². The van der Waals surface area contributed by atoms with Crippen molar-refractivity contribution in [1.29, 1.82) is 0 Å². The molecular formula is C19H19NO4. The fourth-order valence-corrected chi connectivity index (χ4v) is 3.12. The summed E-state index contributed by atoms with van der Waals surface area (Å²) in [6.45, 7) is 1.73. The van der Waals surface area contributed by atoms with E-state index in [1.807, 2.05) is 42.5 Å². The number of hydrogen-bond donors (Lipinski definition) is 1. The average Bonchev–Trinajstić information content (AvgIpc) is 2.62. The van der Waals surface area contributed by atoms with Crippen LogP contribution in [0.3, 0.4) is 0 Å². The second-order valence-corrected chi connectivity index (χ2v) is 5.95. The largest absolute Gasteiger partial charge is 0.493 e. The molecule has 2 aromatic carbocycles. The maximum atomic E-state index is 12.4. The summed E-state index contributed by atoms with van der Waals surface area (Å²) in [5, 5.41) is 3.11. The molecule has 0 saturated heterocycles. The number of hydrogen-bond acceptors (Lipinski definition) is 4. The Labute approximate surface area is 140 Å². The van der Waals surface area contributed by atoms with Gasteiger partial charge in [0.05, 0.1) is 19.1 Å². The Kier molecular flexibility index (Phi) is 3.99. The van der Waals surface area contributed by atoms with Crippen molar-refractivity contribution in [1.82, 2.24) is 5.32 Å². The number of benzene rings is 2. The molecule has 0 radical (unpaired) electrons. The van der Waals surface area contributed by atoms with E-state index in [0.717, 1.165) is 29.0 Å².